The third kappa shape index (κ3) is 4.96. The first-order valence-electron chi connectivity index (χ1n) is 10.7. The van der Waals surface area contributed by atoms with Crippen molar-refractivity contribution in [2.24, 2.45) is 0 Å². The summed E-state index contributed by atoms with van der Waals surface area (Å²) >= 11 is 5.88. The normalized spacial score (nSPS) is 15.1. The molecule has 2 heterocycles. The lowest BCUT2D eigenvalue weighted by atomic mass is 10.1. The Labute approximate surface area is 196 Å². The lowest BCUT2D eigenvalue weighted by Gasteiger charge is -2.34. The van der Waals surface area contributed by atoms with Crippen molar-refractivity contribution in [3.63, 3.8) is 0 Å². The molecule has 0 bridgehead atoms. The number of aromatic nitrogens is 1. The number of halogens is 2. The molecule has 1 aliphatic heterocycles. The summed E-state index contributed by atoms with van der Waals surface area (Å²) in [6.45, 7) is 4.92. The Morgan fingerprint density at radius 1 is 1.27 bits per heavy atom. The van der Waals surface area contributed by atoms with Gasteiger partial charge in [0.05, 0.1) is 42.8 Å². The average Bonchev–Trinajstić information content (AvgIpc) is 2.84. The number of fused-ring (bicyclic) bond motifs is 1. The second-order valence-corrected chi connectivity index (χ2v) is 7.99. The number of benzene rings is 2. The third-order valence-electron chi connectivity index (χ3n) is 5.53. The molecule has 1 aromatic heterocycles. The SMILES string of the molecule is CCC(Oc1cc2c(Nc3ccc(Cl)cc3F)c(C#N)cnc2cc1OC)N1CCOCC1. The van der Waals surface area contributed by atoms with E-state index in [2.05, 4.69) is 28.2 Å². The summed E-state index contributed by atoms with van der Waals surface area (Å²) in [6.07, 6.45) is 2.04. The second-order valence-electron chi connectivity index (χ2n) is 7.56. The van der Waals surface area contributed by atoms with Gasteiger partial charge in [-0.1, -0.05) is 18.5 Å². The predicted octanol–water partition coefficient (Wildman–Crippen LogP) is 5.10. The number of nitriles is 1. The lowest BCUT2D eigenvalue weighted by molar-refractivity contribution is -0.0475. The molecule has 2 aromatic carbocycles. The van der Waals surface area contributed by atoms with E-state index in [1.165, 1.54) is 18.3 Å². The van der Waals surface area contributed by atoms with Crippen molar-refractivity contribution in [2.45, 2.75) is 19.6 Å². The molecule has 1 fully saturated rings. The van der Waals surface area contributed by atoms with Crippen LogP contribution in [0.2, 0.25) is 5.02 Å². The Kier molecular flexibility index (Phi) is 7.14. The van der Waals surface area contributed by atoms with Crippen LogP contribution in [0.1, 0.15) is 18.9 Å². The van der Waals surface area contributed by atoms with Crippen LogP contribution in [0.3, 0.4) is 0 Å². The maximum absolute atomic E-state index is 14.5. The molecule has 1 atom stereocenters. The van der Waals surface area contributed by atoms with E-state index >= 15 is 0 Å². The van der Waals surface area contributed by atoms with Gasteiger partial charge >= 0.3 is 0 Å². The van der Waals surface area contributed by atoms with Crippen molar-refractivity contribution >= 4 is 33.9 Å². The summed E-state index contributed by atoms with van der Waals surface area (Å²) in [5.41, 5.74) is 1.47. The summed E-state index contributed by atoms with van der Waals surface area (Å²) < 4.78 is 31.9. The number of hydrogen-bond donors (Lipinski definition) is 1. The Morgan fingerprint density at radius 3 is 2.73 bits per heavy atom. The molecule has 33 heavy (non-hydrogen) atoms. The standard InChI is InChI=1S/C24H24ClFN4O3/c1-3-23(30-6-8-32-9-7-30)33-22-11-17-20(12-21(22)31-2)28-14-15(13-27)24(17)29-19-5-4-16(25)10-18(19)26/h4-5,10-12,14,23H,3,6-9H2,1-2H3,(H,28,29). The van der Waals surface area contributed by atoms with Gasteiger partial charge in [0.2, 0.25) is 0 Å². The van der Waals surface area contributed by atoms with Gasteiger partial charge in [-0.05, 0) is 30.7 Å². The largest absolute Gasteiger partial charge is 0.493 e. The molecule has 0 saturated carbocycles. The van der Waals surface area contributed by atoms with E-state index in [-0.39, 0.29) is 22.5 Å². The van der Waals surface area contributed by atoms with E-state index in [0.717, 1.165) is 19.5 Å². The number of methoxy groups -OCH3 is 1. The van der Waals surface area contributed by atoms with Crippen LogP contribution < -0.4 is 14.8 Å². The smallest absolute Gasteiger partial charge is 0.164 e. The molecule has 172 valence electrons. The maximum atomic E-state index is 14.5. The zero-order chi connectivity index (χ0) is 23.4. The van der Waals surface area contributed by atoms with Crippen LogP contribution in [0.4, 0.5) is 15.8 Å². The van der Waals surface area contributed by atoms with Crippen molar-refractivity contribution in [2.75, 3.05) is 38.7 Å². The third-order valence-corrected chi connectivity index (χ3v) is 5.76. The van der Waals surface area contributed by atoms with Crippen molar-refractivity contribution in [3.8, 4) is 17.6 Å². The zero-order valence-corrected chi connectivity index (χ0v) is 19.2. The fraction of sp³-hybridized carbons (Fsp3) is 0.333. The number of anilines is 2. The minimum Gasteiger partial charge on any atom is -0.493 e. The van der Waals surface area contributed by atoms with Gasteiger partial charge in [0, 0.05) is 35.8 Å². The number of pyridine rings is 1. The summed E-state index contributed by atoms with van der Waals surface area (Å²) in [6, 6.07) is 9.97. The highest BCUT2D eigenvalue weighted by atomic mass is 35.5. The summed E-state index contributed by atoms with van der Waals surface area (Å²) in [5, 5.41) is 13.6. The van der Waals surface area contributed by atoms with E-state index in [0.29, 0.717) is 41.3 Å². The van der Waals surface area contributed by atoms with Gasteiger partial charge in [-0.15, -0.1) is 0 Å². The first kappa shape index (κ1) is 23.1. The van der Waals surface area contributed by atoms with E-state index in [1.807, 2.05) is 0 Å². The van der Waals surface area contributed by atoms with Crippen molar-refractivity contribution in [1.82, 2.24) is 9.88 Å². The molecule has 1 unspecified atom stereocenters. The van der Waals surface area contributed by atoms with Crippen LogP contribution >= 0.6 is 11.6 Å². The van der Waals surface area contributed by atoms with Gasteiger partial charge in [-0.2, -0.15) is 5.26 Å². The number of rotatable bonds is 7. The minimum atomic E-state index is -0.528. The molecule has 9 heteroatoms. The van der Waals surface area contributed by atoms with Gasteiger partial charge in [0.1, 0.15) is 11.9 Å². The van der Waals surface area contributed by atoms with Crippen molar-refractivity contribution in [1.29, 1.82) is 5.26 Å². The van der Waals surface area contributed by atoms with Crippen LogP contribution in [0.25, 0.3) is 10.9 Å². The molecule has 1 aliphatic rings. The van der Waals surface area contributed by atoms with Crippen LogP contribution in [-0.2, 0) is 4.74 Å². The number of ether oxygens (including phenoxy) is 3. The fourth-order valence-electron chi connectivity index (χ4n) is 3.82. The molecule has 0 radical (unpaired) electrons. The first-order valence-corrected chi connectivity index (χ1v) is 11.0. The van der Waals surface area contributed by atoms with E-state index in [4.69, 9.17) is 25.8 Å². The monoisotopic (exact) mass is 470 g/mol. The molecule has 0 aliphatic carbocycles. The minimum absolute atomic E-state index is 0.169. The molecule has 3 aromatic rings. The molecule has 0 amide bonds. The molecular formula is C24H24ClFN4O3. The molecule has 1 saturated heterocycles. The maximum Gasteiger partial charge on any atom is 0.164 e. The van der Waals surface area contributed by atoms with Gasteiger partial charge in [0.25, 0.3) is 0 Å². The quantitative estimate of drug-likeness (QED) is 0.514. The summed E-state index contributed by atoms with van der Waals surface area (Å²) in [7, 11) is 1.57. The molecular weight excluding hydrogens is 447 g/mol. The number of nitrogens with one attached hydrogen (secondary N) is 1. The topological polar surface area (TPSA) is 79.6 Å². The number of morpholine rings is 1. The summed E-state index contributed by atoms with van der Waals surface area (Å²) in [4.78, 5) is 6.61. The predicted molar refractivity (Wildman–Crippen MR) is 125 cm³/mol. The Morgan fingerprint density at radius 2 is 2.06 bits per heavy atom. The van der Waals surface area contributed by atoms with Gasteiger partial charge in [0.15, 0.2) is 17.7 Å². The van der Waals surface area contributed by atoms with Crippen LogP contribution in [-0.4, -0.2) is 49.5 Å². The van der Waals surface area contributed by atoms with E-state index in [1.54, 1.807) is 25.3 Å². The van der Waals surface area contributed by atoms with Crippen LogP contribution in [0, 0.1) is 17.1 Å². The number of hydrogen-bond acceptors (Lipinski definition) is 7. The average molecular weight is 471 g/mol. The highest BCUT2D eigenvalue weighted by molar-refractivity contribution is 6.30. The Balaban J connectivity index is 1.78. The van der Waals surface area contributed by atoms with Crippen LogP contribution in [0.15, 0.2) is 36.5 Å². The highest BCUT2D eigenvalue weighted by Crippen LogP contribution is 2.38. The Hall–Kier alpha value is -3.12. The van der Waals surface area contributed by atoms with Crippen molar-refractivity contribution < 1.29 is 18.6 Å². The zero-order valence-electron chi connectivity index (χ0n) is 18.4. The second kappa shape index (κ2) is 10.2. The van der Waals surface area contributed by atoms with Gasteiger partial charge in [-0.25, -0.2) is 4.39 Å². The van der Waals surface area contributed by atoms with Crippen LogP contribution in [0.5, 0.6) is 11.5 Å². The Bertz CT molecular complexity index is 1190. The fourth-order valence-corrected chi connectivity index (χ4v) is 3.98. The van der Waals surface area contributed by atoms with Gasteiger partial charge in [-0.3, -0.25) is 9.88 Å². The van der Waals surface area contributed by atoms with Crippen molar-refractivity contribution in [3.05, 3.63) is 52.9 Å². The summed E-state index contributed by atoms with van der Waals surface area (Å²) in [5.74, 6) is 0.509. The molecule has 1 N–H and O–H groups in total. The lowest BCUT2D eigenvalue weighted by Crippen LogP contribution is -2.46. The van der Waals surface area contributed by atoms with Gasteiger partial charge < -0.3 is 19.5 Å². The molecule has 7 nitrogen and oxygen atoms in total. The molecule has 0 spiro atoms. The first-order chi connectivity index (χ1) is 16.0. The number of nitrogens with zero attached hydrogens (tertiary/aromatic N) is 3. The highest BCUT2D eigenvalue weighted by Gasteiger charge is 2.23. The molecule has 4 rings (SSSR count). The van der Waals surface area contributed by atoms with E-state index < -0.39 is 5.82 Å². The van der Waals surface area contributed by atoms with E-state index in [9.17, 15) is 9.65 Å².